The highest BCUT2D eigenvalue weighted by molar-refractivity contribution is 9.10. The average molecular weight is 517 g/mol. The van der Waals surface area contributed by atoms with Crippen LogP contribution in [0.4, 0.5) is 0 Å². The minimum atomic E-state index is -0.203. The maximum atomic E-state index is 9.91. The van der Waals surface area contributed by atoms with Gasteiger partial charge in [0.05, 0.1) is 17.8 Å². The van der Waals surface area contributed by atoms with Gasteiger partial charge in [-0.15, -0.1) is 16.9 Å². The molecule has 2 heterocycles. The van der Waals surface area contributed by atoms with Gasteiger partial charge >= 0.3 is 0 Å². The Kier molecular flexibility index (Phi) is 7.55. The van der Waals surface area contributed by atoms with E-state index in [2.05, 4.69) is 71.3 Å². The van der Waals surface area contributed by atoms with Crippen molar-refractivity contribution in [1.29, 1.82) is 0 Å². The zero-order chi connectivity index (χ0) is 22.7. The molecule has 1 aliphatic heterocycles. The lowest BCUT2D eigenvalue weighted by atomic mass is 10.1. The molecule has 1 fully saturated rings. The molecular weight excluding hydrogens is 488 g/mol. The van der Waals surface area contributed by atoms with Crippen LogP contribution in [-0.4, -0.2) is 50.2 Å². The second kappa shape index (κ2) is 10.4. The number of hydrogen-bond acceptors (Lipinski definition) is 6. The van der Waals surface area contributed by atoms with Crippen LogP contribution in [-0.2, 0) is 6.61 Å². The molecule has 0 saturated carbocycles. The number of thioether (sulfide) groups is 1. The van der Waals surface area contributed by atoms with Crippen LogP contribution in [0.15, 0.2) is 51.8 Å². The first-order valence-electron chi connectivity index (χ1n) is 10.9. The van der Waals surface area contributed by atoms with Crippen molar-refractivity contribution in [2.75, 3.05) is 19.3 Å². The highest BCUT2D eigenvalue weighted by Crippen LogP contribution is 2.27. The monoisotopic (exact) mass is 516 g/mol. The molecule has 1 N–H and O–H groups in total. The molecule has 8 heteroatoms. The van der Waals surface area contributed by atoms with E-state index in [0.717, 1.165) is 53.2 Å². The lowest BCUT2D eigenvalue weighted by molar-refractivity contribution is 0.0621. The fourth-order valence-electron chi connectivity index (χ4n) is 3.99. The fraction of sp³-hybridized carbons (Fsp3) is 0.417. The van der Waals surface area contributed by atoms with Gasteiger partial charge in [0, 0.05) is 22.5 Å². The number of halogens is 1. The Labute approximate surface area is 202 Å². The number of aliphatic hydroxyl groups is 1. The summed E-state index contributed by atoms with van der Waals surface area (Å²) in [7, 11) is 0. The van der Waals surface area contributed by atoms with E-state index in [0.29, 0.717) is 12.4 Å². The molecule has 1 saturated heterocycles. The van der Waals surface area contributed by atoms with Crippen LogP contribution in [0.5, 0.6) is 5.75 Å². The molecular formula is C24H29BrN4O2S. The van der Waals surface area contributed by atoms with Crippen molar-refractivity contribution in [3.8, 4) is 11.4 Å². The van der Waals surface area contributed by atoms with Gasteiger partial charge in [0.15, 0.2) is 5.82 Å². The fourth-order valence-corrected chi connectivity index (χ4v) is 4.99. The largest absolute Gasteiger partial charge is 0.486 e. The number of aliphatic hydroxyl groups excluding tert-OH is 1. The van der Waals surface area contributed by atoms with E-state index < -0.39 is 0 Å². The van der Waals surface area contributed by atoms with E-state index in [1.807, 2.05) is 16.8 Å². The van der Waals surface area contributed by atoms with E-state index in [4.69, 9.17) is 14.8 Å². The summed E-state index contributed by atoms with van der Waals surface area (Å²) in [5.41, 5.74) is 2.12. The molecule has 6 nitrogen and oxygen atoms in total. The average Bonchev–Trinajstić information content (AvgIpc) is 3.22. The summed E-state index contributed by atoms with van der Waals surface area (Å²) in [4.78, 5) is 8.46. The first-order valence-corrected chi connectivity index (χ1v) is 12.9. The third-order valence-corrected chi connectivity index (χ3v) is 7.00. The summed E-state index contributed by atoms with van der Waals surface area (Å²) in [6.45, 7) is 6.23. The van der Waals surface area contributed by atoms with Gasteiger partial charge in [-0.25, -0.2) is 9.67 Å². The van der Waals surface area contributed by atoms with Crippen LogP contribution in [0.25, 0.3) is 5.69 Å². The van der Waals surface area contributed by atoms with Crippen molar-refractivity contribution in [2.24, 2.45) is 0 Å². The molecule has 0 aliphatic carbocycles. The second-order valence-corrected chi connectivity index (χ2v) is 9.99. The Morgan fingerprint density at radius 3 is 2.56 bits per heavy atom. The standard InChI is InChI=1S/C24H29BrN4O2S/c1-16-12-18(25)14-19(13-16)29-24(17(2)28-10-8-20(30)9-11-28)26-23(27-29)15-31-21-4-6-22(32-3)7-5-21/h4-7,12-14,17,20,30H,8-11,15H2,1-3H3. The Bertz CT molecular complexity index is 1030. The molecule has 1 aromatic heterocycles. The van der Waals surface area contributed by atoms with Gasteiger partial charge in [-0.05, 0) is 81.0 Å². The quantitative estimate of drug-likeness (QED) is 0.437. The summed E-state index contributed by atoms with van der Waals surface area (Å²) in [6, 6.07) is 14.4. The number of rotatable bonds is 7. The van der Waals surface area contributed by atoms with Crippen LogP contribution in [0.3, 0.4) is 0 Å². The van der Waals surface area contributed by atoms with Gasteiger partial charge < -0.3 is 9.84 Å². The number of ether oxygens (including phenoxy) is 1. The number of aryl methyl sites for hydroxylation is 1. The van der Waals surface area contributed by atoms with Crippen molar-refractivity contribution >= 4 is 27.7 Å². The van der Waals surface area contributed by atoms with Gasteiger partial charge in [0.1, 0.15) is 18.2 Å². The van der Waals surface area contributed by atoms with Crippen LogP contribution in [0.2, 0.25) is 0 Å². The number of likely N-dealkylation sites (tertiary alicyclic amines) is 1. The maximum absolute atomic E-state index is 9.91. The summed E-state index contributed by atoms with van der Waals surface area (Å²) in [5.74, 6) is 2.34. The van der Waals surface area contributed by atoms with Crippen LogP contribution >= 0.6 is 27.7 Å². The minimum Gasteiger partial charge on any atom is -0.486 e. The molecule has 3 aromatic rings. The first-order chi connectivity index (χ1) is 15.4. The van der Waals surface area contributed by atoms with Crippen molar-refractivity contribution in [3.05, 3.63) is 64.1 Å². The Morgan fingerprint density at radius 1 is 1.19 bits per heavy atom. The summed E-state index contributed by atoms with van der Waals surface area (Å²) >= 11 is 5.31. The summed E-state index contributed by atoms with van der Waals surface area (Å²) in [5, 5.41) is 14.7. The van der Waals surface area contributed by atoms with Gasteiger partial charge in [-0.3, -0.25) is 4.90 Å². The normalized spacial score (nSPS) is 16.3. The molecule has 32 heavy (non-hydrogen) atoms. The van der Waals surface area contributed by atoms with E-state index >= 15 is 0 Å². The predicted molar refractivity (Wildman–Crippen MR) is 132 cm³/mol. The number of nitrogens with zero attached hydrogens (tertiary/aromatic N) is 4. The number of piperidine rings is 1. The molecule has 4 rings (SSSR count). The topological polar surface area (TPSA) is 63.4 Å². The third-order valence-electron chi connectivity index (χ3n) is 5.80. The summed E-state index contributed by atoms with van der Waals surface area (Å²) < 4.78 is 8.92. The van der Waals surface area contributed by atoms with Gasteiger partial charge in [0.25, 0.3) is 0 Å². The van der Waals surface area contributed by atoms with Gasteiger partial charge in [-0.1, -0.05) is 15.9 Å². The smallest absolute Gasteiger partial charge is 0.188 e. The minimum absolute atomic E-state index is 0.0731. The van der Waals surface area contributed by atoms with E-state index in [9.17, 15) is 5.11 Å². The van der Waals surface area contributed by atoms with Crippen LogP contribution in [0.1, 0.15) is 43.0 Å². The predicted octanol–water partition coefficient (Wildman–Crippen LogP) is 5.16. The molecule has 1 unspecified atom stereocenters. The lowest BCUT2D eigenvalue weighted by Gasteiger charge is -2.33. The zero-order valence-corrected chi connectivity index (χ0v) is 21.1. The Morgan fingerprint density at radius 2 is 1.91 bits per heavy atom. The third kappa shape index (κ3) is 5.54. The number of aromatic nitrogens is 3. The number of benzene rings is 2. The van der Waals surface area contributed by atoms with Crippen LogP contribution in [0, 0.1) is 6.92 Å². The molecule has 0 amide bonds. The lowest BCUT2D eigenvalue weighted by Crippen LogP contribution is -2.38. The Balaban J connectivity index is 1.61. The molecule has 0 bridgehead atoms. The van der Waals surface area contributed by atoms with Gasteiger partial charge in [-0.2, -0.15) is 0 Å². The van der Waals surface area contributed by atoms with E-state index in [-0.39, 0.29) is 12.1 Å². The summed E-state index contributed by atoms with van der Waals surface area (Å²) in [6.07, 6.45) is 3.43. The molecule has 170 valence electrons. The van der Waals surface area contributed by atoms with E-state index in [1.54, 1.807) is 11.8 Å². The molecule has 2 aromatic carbocycles. The van der Waals surface area contributed by atoms with Crippen molar-refractivity contribution in [2.45, 2.75) is 50.3 Å². The first kappa shape index (κ1) is 23.3. The van der Waals surface area contributed by atoms with Gasteiger partial charge in [0.2, 0.25) is 0 Å². The molecule has 0 radical (unpaired) electrons. The highest BCUT2D eigenvalue weighted by atomic mass is 79.9. The molecule has 1 aliphatic rings. The molecule has 0 spiro atoms. The van der Waals surface area contributed by atoms with Crippen molar-refractivity contribution in [3.63, 3.8) is 0 Å². The van der Waals surface area contributed by atoms with Crippen LogP contribution < -0.4 is 4.74 Å². The zero-order valence-electron chi connectivity index (χ0n) is 18.7. The molecule has 1 atom stereocenters. The van der Waals surface area contributed by atoms with E-state index in [1.165, 1.54) is 4.90 Å². The SMILES string of the molecule is CSc1ccc(OCc2nc(C(C)N3CCC(O)CC3)n(-c3cc(C)cc(Br)c3)n2)cc1. The van der Waals surface area contributed by atoms with Crippen molar-refractivity contribution < 1.29 is 9.84 Å². The second-order valence-electron chi connectivity index (χ2n) is 8.19. The highest BCUT2D eigenvalue weighted by Gasteiger charge is 2.27. The Hall–Kier alpha value is -1.87. The number of hydrogen-bond donors (Lipinski definition) is 1. The van der Waals surface area contributed by atoms with Crippen molar-refractivity contribution in [1.82, 2.24) is 19.7 Å². The maximum Gasteiger partial charge on any atom is 0.188 e.